The fraction of sp³-hybridized carbons (Fsp3) is 0.500. The van der Waals surface area contributed by atoms with Gasteiger partial charge in [0.2, 0.25) is 17.6 Å². The van der Waals surface area contributed by atoms with Gasteiger partial charge < -0.3 is 14.3 Å². The average Bonchev–Trinajstić information content (AvgIpc) is 3.04. The Labute approximate surface area is 146 Å². The second-order valence-corrected chi connectivity index (χ2v) is 6.57. The van der Waals surface area contributed by atoms with E-state index < -0.39 is 0 Å². The van der Waals surface area contributed by atoms with Crippen LogP contribution in [-0.2, 0) is 11.2 Å². The summed E-state index contributed by atoms with van der Waals surface area (Å²) in [6.45, 7) is 4.70. The van der Waals surface area contributed by atoms with E-state index in [9.17, 15) is 9.18 Å². The lowest BCUT2D eigenvalue weighted by atomic mass is 10.1. The molecule has 2 aromatic rings. The van der Waals surface area contributed by atoms with E-state index in [1.807, 2.05) is 4.90 Å². The molecule has 3 rings (SSSR count). The highest BCUT2D eigenvalue weighted by molar-refractivity contribution is 5.76. The van der Waals surface area contributed by atoms with Crippen molar-refractivity contribution < 1.29 is 13.7 Å². The Morgan fingerprint density at radius 2 is 2.08 bits per heavy atom. The third-order valence-corrected chi connectivity index (χ3v) is 4.50. The third-order valence-electron chi connectivity index (χ3n) is 4.50. The smallest absolute Gasteiger partial charge is 0.226 e. The molecule has 1 fully saturated rings. The summed E-state index contributed by atoms with van der Waals surface area (Å²) < 4.78 is 18.2. The van der Waals surface area contributed by atoms with E-state index in [-0.39, 0.29) is 17.8 Å². The van der Waals surface area contributed by atoms with Crippen LogP contribution < -0.4 is 0 Å². The zero-order chi connectivity index (χ0) is 17.8. The van der Waals surface area contributed by atoms with Crippen molar-refractivity contribution in [1.29, 1.82) is 0 Å². The molecule has 0 N–H and O–H groups in total. The Morgan fingerprint density at radius 3 is 2.80 bits per heavy atom. The summed E-state index contributed by atoms with van der Waals surface area (Å²) in [7, 11) is 2.08. The molecule has 25 heavy (non-hydrogen) atoms. The molecule has 134 valence electrons. The average molecular weight is 346 g/mol. The SMILES string of the molecule is CC1CN(C)CCN1C(=O)CCCc1nc(-c2ccc(F)cc2)no1. The Balaban J connectivity index is 1.49. The van der Waals surface area contributed by atoms with Crippen LogP contribution in [0.15, 0.2) is 28.8 Å². The van der Waals surface area contributed by atoms with Gasteiger partial charge in [0.15, 0.2) is 0 Å². The van der Waals surface area contributed by atoms with Crippen molar-refractivity contribution >= 4 is 5.91 Å². The first-order valence-corrected chi connectivity index (χ1v) is 8.59. The van der Waals surface area contributed by atoms with Crippen LogP contribution in [0.1, 0.15) is 25.7 Å². The Bertz CT molecular complexity index is 716. The summed E-state index contributed by atoms with van der Waals surface area (Å²) in [5, 5.41) is 3.91. The summed E-state index contributed by atoms with van der Waals surface area (Å²) in [6, 6.07) is 6.20. The fourth-order valence-electron chi connectivity index (χ4n) is 3.12. The minimum absolute atomic E-state index is 0.180. The topological polar surface area (TPSA) is 62.5 Å². The van der Waals surface area contributed by atoms with Gasteiger partial charge in [0.05, 0.1) is 0 Å². The maximum atomic E-state index is 12.9. The first-order chi connectivity index (χ1) is 12.0. The van der Waals surface area contributed by atoms with Crippen LogP contribution in [0.5, 0.6) is 0 Å². The van der Waals surface area contributed by atoms with Crippen molar-refractivity contribution in [2.24, 2.45) is 0 Å². The Hall–Kier alpha value is -2.28. The van der Waals surface area contributed by atoms with Crippen LogP contribution >= 0.6 is 0 Å². The van der Waals surface area contributed by atoms with E-state index in [0.29, 0.717) is 36.5 Å². The maximum Gasteiger partial charge on any atom is 0.226 e. The highest BCUT2D eigenvalue weighted by Crippen LogP contribution is 2.17. The van der Waals surface area contributed by atoms with Crippen LogP contribution in [0.4, 0.5) is 4.39 Å². The van der Waals surface area contributed by atoms with Crippen LogP contribution in [0.2, 0.25) is 0 Å². The molecule has 1 atom stereocenters. The lowest BCUT2D eigenvalue weighted by Crippen LogP contribution is -2.52. The summed E-state index contributed by atoms with van der Waals surface area (Å²) in [4.78, 5) is 20.9. The Morgan fingerprint density at radius 1 is 1.32 bits per heavy atom. The van der Waals surface area contributed by atoms with Gasteiger partial charge in [-0.3, -0.25) is 4.79 Å². The van der Waals surface area contributed by atoms with E-state index in [1.54, 1.807) is 12.1 Å². The van der Waals surface area contributed by atoms with Crippen LogP contribution in [0.25, 0.3) is 11.4 Å². The molecular weight excluding hydrogens is 323 g/mol. The number of amides is 1. The number of likely N-dealkylation sites (N-methyl/N-ethyl adjacent to an activating group) is 1. The summed E-state index contributed by atoms with van der Waals surface area (Å²) in [5.74, 6) is 0.815. The third kappa shape index (κ3) is 4.42. The van der Waals surface area contributed by atoms with Crippen molar-refractivity contribution in [3.63, 3.8) is 0 Å². The molecule has 1 unspecified atom stereocenters. The lowest BCUT2D eigenvalue weighted by molar-refractivity contribution is -0.135. The molecule has 1 saturated heterocycles. The zero-order valence-corrected chi connectivity index (χ0v) is 14.6. The van der Waals surface area contributed by atoms with Crippen LogP contribution in [0.3, 0.4) is 0 Å². The Kier molecular flexibility index (Phi) is 5.43. The predicted octanol–water partition coefficient (Wildman–Crippen LogP) is 2.36. The highest BCUT2D eigenvalue weighted by Gasteiger charge is 2.25. The second-order valence-electron chi connectivity index (χ2n) is 6.57. The number of carbonyl (C=O) groups excluding carboxylic acids is 1. The van der Waals surface area contributed by atoms with Crippen molar-refractivity contribution in [3.8, 4) is 11.4 Å². The zero-order valence-electron chi connectivity index (χ0n) is 14.6. The van der Waals surface area contributed by atoms with Crippen molar-refractivity contribution in [2.45, 2.75) is 32.2 Å². The molecule has 0 saturated carbocycles. The first-order valence-electron chi connectivity index (χ1n) is 8.59. The van der Waals surface area contributed by atoms with E-state index >= 15 is 0 Å². The van der Waals surface area contributed by atoms with Crippen molar-refractivity contribution in [1.82, 2.24) is 19.9 Å². The van der Waals surface area contributed by atoms with Gasteiger partial charge in [0.1, 0.15) is 5.82 Å². The monoisotopic (exact) mass is 346 g/mol. The van der Waals surface area contributed by atoms with E-state index in [2.05, 4.69) is 29.0 Å². The predicted molar refractivity (Wildman–Crippen MR) is 91.3 cm³/mol. The number of aromatic nitrogens is 2. The molecule has 2 heterocycles. The first kappa shape index (κ1) is 17.5. The standard InChI is InChI=1S/C18H23FN4O2/c1-13-12-22(2)10-11-23(13)17(24)5-3-4-16-20-18(21-25-16)14-6-8-15(19)9-7-14/h6-9,13H,3-5,10-12H2,1-2H3. The van der Waals surface area contributed by atoms with Gasteiger partial charge in [-0.2, -0.15) is 4.98 Å². The van der Waals surface area contributed by atoms with Crippen molar-refractivity contribution in [2.75, 3.05) is 26.7 Å². The number of hydrogen-bond donors (Lipinski definition) is 0. The van der Waals surface area contributed by atoms with Crippen LogP contribution in [-0.4, -0.2) is 58.6 Å². The molecular formula is C18H23FN4O2. The molecule has 0 spiro atoms. The van der Waals surface area contributed by atoms with Gasteiger partial charge in [-0.05, 0) is 44.7 Å². The molecule has 0 aliphatic carbocycles. The molecule has 1 aliphatic rings. The number of aryl methyl sites for hydroxylation is 1. The number of piperazine rings is 1. The molecule has 1 aromatic carbocycles. The molecule has 7 heteroatoms. The van der Waals surface area contributed by atoms with Gasteiger partial charge in [0, 0.05) is 44.1 Å². The van der Waals surface area contributed by atoms with E-state index in [0.717, 1.165) is 19.6 Å². The molecule has 1 aliphatic heterocycles. The number of benzene rings is 1. The minimum Gasteiger partial charge on any atom is -0.339 e. The maximum absolute atomic E-state index is 12.9. The quantitative estimate of drug-likeness (QED) is 0.832. The second kappa shape index (κ2) is 7.74. The number of nitrogens with zero attached hydrogens (tertiary/aromatic N) is 4. The van der Waals surface area contributed by atoms with Gasteiger partial charge in [-0.15, -0.1) is 0 Å². The van der Waals surface area contributed by atoms with Gasteiger partial charge >= 0.3 is 0 Å². The fourth-order valence-corrected chi connectivity index (χ4v) is 3.12. The minimum atomic E-state index is -0.302. The van der Waals surface area contributed by atoms with Crippen molar-refractivity contribution in [3.05, 3.63) is 36.0 Å². The van der Waals surface area contributed by atoms with E-state index in [1.165, 1.54) is 12.1 Å². The van der Waals surface area contributed by atoms with Gasteiger partial charge in [-0.1, -0.05) is 5.16 Å². The summed E-state index contributed by atoms with van der Waals surface area (Å²) >= 11 is 0. The molecule has 1 amide bonds. The summed E-state index contributed by atoms with van der Waals surface area (Å²) in [6.07, 6.45) is 1.70. The lowest BCUT2D eigenvalue weighted by Gasteiger charge is -2.38. The van der Waals surface area contributed by atoms with Crippen LogP contribution in [0, 0.1) is 5.82 Å². The largest absolute Gasteiger partial charge is 0.339 e. The normalized spacial score (nSPS) is 18.5. The number of halogens is 1. The molecule has 1 aromatic heterocycles. The number of rotatable bonds is 5. The highest BCUT2D eigenvalue weighted by atomic mass is 19.1. The van der Waals surface area contributed by atoms with Gasteiger partial charge in [0.25, 0.3) is 0 Å². The molecule has 0 radical (unpaired) electrons. The summed E-state index contributed by atoms with van der Waals surface area (Å²) in [5.41, 5.74) is 0.707. The number of hydrogen-bond acceptors (Lipinski definition) is 5. The molecule has 0 bridgehead atoms. The van der Waals surface area contributed by atoms with Gasteiger partial charge in [-0.25, -0.2) is 4.39 Å². The molecule has 6 nitrogen and oxygen atoms in total. The number of carbonyl (C=O) groups is 1. The van der Waals surface area contributed by atoms with E-state index in [4.69, 9.17) is 4.52 Å².